The predicted molar refractivity (Wildman–Crippen MR) is 82.9 cm³/mol. The number of rotatable bonds is 2. The molecule has 1 aromatic carbocycles. The van der Waals surface area contributed by atoms with E-state index < -0.39 is 6.04 Å². The number of carbonyl (C=O) groups excluding carboxylic acids is 2. The Balaban J connectivity index is 2.33. The topological polar surface area (TPSA) is 49.4 Å². The molecule has 1 saturated heterocycles. The summed E-state index contributed by atoms with van der Waals surface area (Å²) >= 11 is 2.22. The summed E-state index contributed by atoms with van der Waals surface area (Å²) in [7, 11) is 0. The Hall–Kier alpha value is -1.11. The molecule has 2 amide bonds. The fourth-order valence-corrected chi connectivity index (χ4v) is 2.68. The third kappa shape index (κ3) is 3.26. The van der Waals surface area contributed by atoms with Gasteiger partial charge in [0, 0.05) is 22.2 Å². The molecule has 0 spiro atoms. The van der Waals surface area contributed by atoms with E-state index in [-0.39, 0.29) is 17.7 Å². The van der Waals surface area contributed by atoms with Crippen molar-refractivity contribution in [2.75, 3.05) is 11.4 Å². The number of anilines is 1. The summed E-state index contributed by atoms with van der Waals surface area (Å²) in [5.41, 5.74) is 0.860. The summed E-state index contributed by atoms with van der Waals surface area (Å²) in [5, 5.41) is 2.81. The van der Waals surface area contributed by atoms with Gasteiger partial charge in [0.25, 0.3) is 0 Å². The molecule has 102 valence electrons. The van der Waals surface area contributed by atoms with Crippen molar-refractivity contribution in [2.24, 2.45) is 5.92 Å². The largest absolute Gasteiger partial charge is 0.344 e. The molecule has 1 N–H and O–H groups in total. The lowest BCUT2D eigenvalue weighted by Gasteiger charge is -2.26. The van der Waals surface area contributed by atoms with Crippen molar-refractivity contribution in [2.45, 2.75) is 26.3 Å². The second-order valence-electron chi connectivity index (χ2n) is 5.01. The SMILES string of the molecule is CC(C)C1NC(=O)CCN(c2cccc(I)c2)C1=O. The fourth-order valence-electron chi connectivity index (χ4n) is 2.15. The Morgan fingerprint density at radius 1 is 1.37 bits per heavy atom. The van der Waals surface area contributed by atoms with Crippen LogP contribution in [0.4, 0.5) is 5.69 Å². The van der Waals surface area contributed by atoms with E-state index in [2.05, 4.69) is 27.9 Å². The first-order valence-electron chi connectivity index (χ1n) is 6.35. The molecule has 0 saturated carbocycles. The van der Waals surface area contributed by atoms with Crippen LogP contribution in [-0.4, -0.2) is 24.4 Å². The van der Waals surface area contributed by atoms with Crippen molar-refractivity contribution in [1.29, 1.82) is 0 Å². The zero-order chi connectivity index (χ0) is 14.0. The van der Waals surface area contributed by atoms with E-state index in [0.29, 0.717) is 13.0 Å². The lowest BCUT2D eigenvalue weighted by atomic mass is 10.0. The first kappa shape index (κ1) is 14.3. The monoisotopic (exact) mass is 372 g/mol. The van der Waals surface area contributed by atoms with Crippen molar-refractivity contribution in [3.05, 3.63) is 27.8 Å². The van der Waals surface area contributed by atoms with Crippen LogP contribution in [0.5, 0.6) is 0 Å². The highest BCUT2D eigenvalue weighted by molar-refractivity contribution is 14.1. The molecule has 1 unspecified atom stereocenters. The molecular weight excluding hydrogens is 355 g/mol. The van der Waals surface area contributed by atoms with Gasteiger partial charge < -0.3 is 10.2 Å². The van der Waals surface area contributed by atoms with Crippen molar-refractivity contribution in [1.82, 2.24) is 5.32 Å². The Bertz CT molecular complexity index is 502. The highest BCUT2D eigenvalue weighted by Gasteiger charge is 2.32. The Kier molecular flexibility index (Phi) is 4.44. The van der Waals surface area contributed by atoms with Gasteiger partial charge in [-0.3, -0.25) is 9.59 Å². The van der Waals surface area contributed by atoms with Crippen molar-refractivity contribution in [3.8, 4) is 0 Å². The molecule has 4 nitrogen and oxygen atoms in total. The average Bonchev–Trinajstić information content (AvgIpc) is 2.49. The molecule has 5 heteroatoms. The minimum Gasteiger partial charge on any atom is -0.344 e. The van der Waals surface area contributed by atoms with Crippen LogP contribution in [0.2, 0.25) is 0 Å². The molecule has 1 fully saturated rings. The molecule has 1 atom stereocenters. The zero-order valence-electron chi connectivity index (χ0n) is 11.0. The third-order valence-corrected chi connectivity index (χ3v) is 3.87. The van der Waals surface area contributed by atoms with Gasteiger partial charge in [-0.1, -0.05) is 19.9 Å². The van der Waals surface area contributed by atoms with E-state index in [9.17, 15) is 9.59 Å². The number of hydrogen-bond acceptors (Lipinski definition) is 2. The normalized spacial score (nSPS) is 20.4. The highest BCUT2D eigenvalue weighted by Crippen LogP contribution is 2.21. The maximum Gasteiger partial charge on any atom is 0.249 e. The molecular formula is C14H17IN2O2. The molecule has 0 bridgehead atoms. The quantitative estimate of drug-likeness (QED) is 0.810. The third-order valence-electron chi connectivity index (χ3n) is 3.20. The number of amides is 2. The van der Waals surface area contributed by atoms with E-state index in [1.165, 1.54) is 0 Å². The van der Waals surface area contributed by atoms with Gasteiger partial charge in [0.05, 0.1) is 0 Å². The van der Waals surface area contributed by atoms with Gasteiger partial charge in [0.2, 0.25) is 11.8 Å². The molecule has 0 aliphatic carbocycles. The molecule has 1 aliphatic rings. The van der Waals surface area contributed by atoms with Gasteiger partial charge >= 0.3 is 0 Å². The molecule has 1 heterocycles. The van der Waals surface area contributed by atoms with E-state index >= 15 is 0 Å². The maximum atomic E-state index is 12.6. The minimum absolute atomic E-state index is 0.0251. The number of hydrogen-bond donors (Lipinski definition) is 1. The van der Waals surface area contributed by atoms with Crippen LogP contribution < -0.4 is 10.2 Å². The van der Waals surface area contributed by atoms with Gasteiger partial charge in [-0.2, -0.15) is 0 Å². The summed E-state index contributed by atoms with van der Waals surface area (Å²) in [6.07, 6.45) is 0.348. The second-order valence-corrected chi connectivity index (χ2v) is 6.25. The zero-order valence-corrected chi connectivity index (χ0v) is 13.2. The summed E-state index contributed by atoms with van der Waals surface area (Å²) in [6.45, 7) is 4.33. The lowest BCUT2D eigenvalue weighted by Crippen LogP contribution is -2.47. The standard InChI is InChI=1S/C14H17IN2O2/c1-9(2)13-14(19)17(7-6-12(18)16-13)11-5-3-4-10(15)8-11/h3-5,8-9,13H,6-7H2,1-2H3,(H,16,18). The average molecular weight is 372 g/mol. The Labute approximate surface area is 126 Å². The summed E-state index contributed by atoms with van der Waals surface area (Å²) in [4.78, 5) is 26.0. The minimum atomic E-state index is -0.437. The van der Waals surface area contributed by atoms with Gasteiger partial charge in [0.1, 0.15) is 6.04 Å². The first-order chi connectivity index (χ1) is 8.99. The molecule has 1 aliphatic heterocycles. The van der Waals surface area contributed by atoms with Crippen LogP contribution in [0.1, 0.15) is 20.3 Å². The fraction of sp³-hybridized carbons (Fsp3) is 0.429. The van der Waals surface area contributed by atoms with Crippen LogP contribution in [-0.2, 0) is 9.59 Å². The highest BCUT2D eigenvalue weighted by atomic mass is 127. The van der Waals surface area contributed by atoms with Crippen LogP contribution in [0.25, 0.3) is 0 Å². The lowest BCUT2D eigenvalue weighted by molar-refractivity contribution is -0.126. The summed E-state index contributed by atoms with van der Waals surface area (Å²) in [6, 6.07) is 7.34. The number of carbonyl (C=O) groups is 2. The second kappa shape index (κ2) is 5.90. The predicted octanol–water partition coefficient (Wildman–Crippen LogP) is 2.17. The summed E-state index contributed by atoms with van der Waals surface area (Å²) < 4.78 is 1.08. The van der Waals surface area contributed by atoms with Gasteiger partial charge in [-0.15, -0.1) is 0 Å². The van der Waals surface area contributed by atoms with Crippen LogP contribution in [0.15, 0.2) is 24.3 Å². The number of nitrogens with one attached hydrogen (secondary N) is 1. The number of nitrogens with zero attached hydrogens (tertiary/aromatic N) is 1. The van der Waals surface area contributed by atoms with Crippen molar-refractivity contribution in [3.63, 3.8) is 0 Å². The Morgan fingerprint density at radius 3 is 2.74 bits per heavy atom. The van der Waals surface area contributed by atoms with Gasteiger partial charge in [-0.05, 0) is 46.7 Å². The van der Waals surface area contributed by atoms with Gasteiger partial charge in [0.15, 0.2) is 0 Å². The van der Waals surface area contributed by atoms with E-state index in [0.717, 1.165) is 9.26 Å². The molecule has 19 heavy (non-hydrogen) atoms. The first-order valence-corrected chi connectivity index (χ1v) is 7.43. The Morgan fingerprint density at radius 2 is 2.11 bits per heavy atom. The van der Waals surface area contributed by atoms with E-state index in [1.807, 2.05) is 38.1 Å². The van der Waals surface area contributed by atoms with Gasteiger partial charge in [-0.25, -0.2) is 0 Å². The van der Waals surface area contributed by atoms with E-state index in [4.69, 9.17) is 0 Å². The van der Waals surface area contributed by atoms with Crippen LogP contribution in [0.3, 0.4) is 0 Å². The molecule has 1 aromatic rings. The molecule has 2 rings (SSSR count). The number of benzene rings is 1. The summed E-state index contributed by atoms with van der Waals surface area (Å²) in [5.74, 6) is 0.00265. The molecule has 0 radical (unpaired) electrons. The smallest absolute Gasteiger partial charge is 0.249 e. The van der Waals surface area contributed by atoms with Crippen LogP contribution >= 0.6 is 22.6 Å². The van der Waals surface area contributed by atoms with Crippen LogP contribution in [0, 0.1) is 9.49 Å². The van der Waals surface area contributed by atoms with E-state index in [1.54, 1.807) is 4.90 Å². The number of halogens is 1. The maximum absolute atomic E-state index is 12.6. The van der Waals surface area contributed by atoms with Crippen molar-refractivity contribution < 1.29 is 9.59 Å². The molecule has 0 aromatic heterocycles. The van der Waals surface area contributed by atoms with Crippen molar-refractivity contribution >= 4 is 40.1 Å².